The first kappa shape index (κ1) is 18.1. The second kappa shape index (κ2) is 7.38. The molecule has 0 unspecified atom stereocenters. The molecular formula is C20H24N4O2S. The van der Waals surface area contributed by atoms with Crippen molar-refractivity contribution in [3.05, 3.63) is 41.1 Å². The van der Waals surface area contributed by atoms with Gasteiger partial charge in [0.2, 0.25) is 11.1 Å². The van der Waals surface area contributed by atoms with Gasteiger partial charge in [0.25, 0.3) is 0 Å². The Morgan fingerprint density at radius 3 is 2.74 bits per heavy atom. The van der Waals surface area contributed by atoms with E-state index in [9.17, 15) is 4.79 Å². The van der Waals surface area contributed by atoms with E-state index in [1.165, 1.54) is 0 Å². The number of carbonyl (C=O) groups excluding carboxylic acids is 1. The number of ketones is 1. The minimum Gasteiger partial charge on any atom is -0.494 e. The second-order valence-corrected chi connectivity index (χ2v) is 8.19. The number of allylic oxidation sites excluding steroid dienone is 2. The minimum absolute atomic E-state index is 0.195. The summed E-state index contributed by atoms with van der Waals surface area (Å²) < 4.78 is 7.43. The van der Waals surface area contributed by atoms with E-state index in [1.54, 1.807) is 11.8 Å². The van der Waals surface area contributed by atoms with Gasteiger partial charge in [0.15, 0.2) is 5.78 Å². The number of hydrogen-bond donors (Lipinski definition) is 1. The molecule has 2 aromatic rings. The summed E-state index contributed by atoms with van der Waals surface area (Å²) in [7, 11) is 0. The molecule has 1 N–H and O–H groups in total. The molecule has 2 aliphatic rings. The van der Waals surface area contributed by atoms with Crippen LogP contribution >= 0.6 is 11.8 Å². The van der Waals surface area contributed by atoms with Crippen molar-refractivity contribution < 1.29 is 9.53 Å². The van der Waals surface area contributed by atoms with Crippen LogP contribution in [0, 0.1) is 5.92 Å². The average molecular weight is 385 g/mol. The molecule has 142 valence electrons. The lowest BCUT2D eigenvalue weighted by Gasteiger charge is -2.34. The van der Waals surface area contributed by atoms with E-state index in [2.05, 4.69) is 29.2 Å². The lowest BCUT2D eigenvalue weighted by Crippen LogP contribution is -2.33. The molecule has 1 aromatic carbocycles. The predicted octanol–water partition coefficient (Wildman–Crippen LogP) is 4.06. The number of hydrogen-bond acceptors (Lipinski definition) is 6. The summed E-state index contributed by atoms with van der Waals surface area (Å²) in [5.74, 6) is 2.98. The predicted molar refractivity (Wildman–Crippen MR) is 106 cm³/mol. The largest absolute Gasteiger partial charge is 0.494 e. The molecule has 27 heavy (non-hydrogen) atoms. The van der Waals surface area contributed by atoms with Gasteiger partial charge in [0, 0.05) is 17.7 Å². The van der Waals surface area contributed by atoms with Crippen molar-refractivity contribution in [1.29, 1.82) is 0 Å². The van der Waals surface area contributed by atoms with E-state index in [0.29, 0.717) is 24.9 Å². The third-order valence-electron chi connectivity index (χ3n) is 4.88. The molecule has 0 spiro atoms. The highest BCUT2D eigenvalue weighted by molar-refractivity contribution is 7.99. The normalized spacial score (nSPS) is 21.5. The van der Waals surface area contributed by atoms with Crippen LogP contribution in [0.4, 0.5) is 5.95 Å². The van der Waals surface area contributed by atoms with Crippen molar-refractivity contribution in [3.63, 3.8) is 0 Å². The third-order valence-corrected chi connectivity index (χ3v) is 5.60. The molecule has 6 nitrogen and oxygen atoms in total. The first-order valence-corrected chi connectivity index (χ1v) is 10.4. The molecule has 0 fully saturated rings. The number of aromatic nitrogens is 3. The van der Waals surface area contributed by atoms with Crippen molar-refractivity contribution in [3.8, 4) is 5.75 Å². The van der Waals surface area contributed by atoms with E-state index in [0.717, 1.165) is 39.9 Å². The number of fused-ring (bicyclic) bond motifs is 1. The fourth-order valence-corrected chi connectivity index (χ4v) is 4.35. The molecule has 0 bridgehead atoms. The SMILES string of the molecule is CCOc1ccc([C@@H]2C3=C(C[C@H](C)CC3=O)Nc3nc(SCC)nn32)cc1. The van der Waals surface area contributed by atoms with Crippen molar-refractivity contribution in [2.45, 2.75) is 44.8 Å². The smallest absolute Gasteiger partial charge is 0.227 e. The van der Waals surface area contributed by atoms with Gasteiger partial charge >= 0.3 is 0 Å². The van der Waals surface area contributed by atoms with Crippen LogP contribution in [-0.4, -0.2) is 32.9 Å². The molecule has 2 atom stereocenters. The Labute approximate surface area is 163 Å². The zero-order chi connectivity index (χ0) is 19.0. The van der Waals surface area contributed by atoms with E-state index < -0.39 is 0 Å². The Hall–Kier alpha value is -2.28. The minimum atomic E-state index is -0.245. The molecule has 7 heteroatoms. The Morgan fingerprint density at radius 2 is 2.04 bits per heavy atom. The third kappa shape index (κ3) is 3.36. The van der Waals surface area contributed by atoms with Crippen molar-refractivity contribution in [1.82, 2.24) is 14.8 Å². The first-order valence-electron chi connectivity index (χ1n) is 9.46. The number of benzene rings is 1. The highest BCUT2D eigenvalue weighted by Crippen LogP contribution is 2.42. The molecule has 4 rings (SSSR count). The molecule has 2 heterocycles. The lowest BCUT2D eigenvalue weighted by molar-refractivity contribution is -0.117. The molecule has 0 saturated carbocycles. The number of carbonyl (C=O) groups is 1. The highest BCUT2D eigenvalue weighted by Gasteiger charge is 2.38. The van der Waals surface area contributed by atoms with Crippen molar-refractivity contribution in [2.75, 3.05) is 17.7 Å². The van der Waals surface area contributed by atoms with Gasteiger partial charge in [-0.25, -0.2) is 4.68 Å². The molecule has 0 radical (unpaired) electrons. The first-order chi connectivity index (χ1) is 13.1. The van der Waals surface area contributed by atoms with E-state index in [-0.39, 0.29) is 11.8 Å². The van der Waals surface area contributed by atoms with Crippen LogP contribution in [0.2, 0.25) is 0 Å². The van der Waals surface area contributed by atoms with Crippen LogP contribution in [-0.2, 0) is 4.79 Å². The maximum atomic E-state index is 12.9. The number of nitrogens with zero attached hydrogens (tertiary/aromatic N) is 3. The van der Waals surface area contributed by atoms with Crippen LogP contribution in [0.15, 0.2) is 40.7 Å². The Morgan fingerprint density at radius 1 is 1.26 bits per heavy atom. The van der Waals surface area contributed by atoms with E-state index >= 15 is 0 Å². The van der Waals surface area contributed by atoms with Crippen LogP contribution in [0.5, 0.6) is 5.75 Å². The van der Waals surface area contributed by atoms with Crippen molar-refractivity contribution in [2.24, 2.45) is 5.92 Å². The van der Waals surface area contributed by atoms with Gasteiger partial charge in [-0.15, -0.1) is 5.10 Å². The zero-order valence-electron chi connectivity index (χ0n) is 15.9. The Kier molecular flexibility index (Phi) is 4.95. The molecule has 0 saturated heterocycles. The highest BCUT2D eigenvalue weighted by atomic mass is 32.2. The standard InChI is InChI=1S/C20H24N4O2S/c1-4-26-14-8-6-13(7-9-14)18-17-15(10-12(3)11-16(17)25)21-19-22-20(27-5-2)23-24(18)19/h6-9,12,18H,4-5,10-11H2,1-3H3,(H,21,22,23)/t12-,18+/m0/s1. The topological polar surface area (TPSA) is 69.0 Å². The summed E-state index contributed by atoms with van der Waals surface area (Å²) in [6, 6.07) is 7.71. The summed E-state index contributed by atoms with van der Waals surface area (Å²) in [5.41, 5.74) is 2.84. The van der Waals surface area contributed by atoms with Gasteiger partial charge in [-0.3, -0.25) is 4.79 Å². The number of anilines is 1. The van der Waals surface area contributed by atoms with E-state index in [4.69, 9.17) is 4.74 Å². The van der Waals surface area contributed by atoms with Gasteiger partial charge in [-0.1, -0.05) is 37.7 Å². The fraction of sp³-hybridized carbons (Fsp3) is 0.450. The number of thioether (sulfide) groups is 1. The van der Waals surface area contributed by atoms with Crippen molar-refractivity contribution >= 4 is 23.5 Å². The summed E-state index contributed by atoms with van der Waals surface area (Å²) in [4.78, 5) is 17.6. The van der Waals surface area contributed by atoms with Gasteiger partial charge in [-0.05, 0) is 42.7 Å². The molecule has 1 aliphatic carbocycles. The Bertz CT molecular complexity index is 888. The Balaban J connectivity index is 1.81. The van der Waals surface area contributed by atoms with Gasteiger partial charge < -0.3 is 10.1 Å². The summed E-state index contributed by atoms with van der Waals surface area (Å²) in [5, 5.41) is 8.80. The number of rotatable bonds is 5. The van der Waals surface area contributed by atoms with Gasteiger partial charge in [0.1, 0.15) is 11.8 Å². The average Bonchev–Trinajstić information content (AvgIpc) is 3.03. The summed E-state index contributed by atoms with van der Waals surface area (Å²) >= 11 is 1.60. The maximum Gasteiger partial charge on any atom is 0.227 e. The van der Waals surface area contributed by atoms with Gasteiger partial charge in [0.05, 0.1) is 6.61 Å². The zero-order valence-corrected chi connectivity index (χ0v) is 16.7. The maximum absolute atomic E-state index is 12.9. The molecule has 1 aliphatic heterocycles. The molecule has 1 aromatic heterocycles. The lowest BCUT2D eigenvalue weighted by atomic mass is 9.81. The summed E-state index contributed by atoms with van der Waals surface area (Å²) in [6.07, 6.45) is 1.44. The fourth-order valence-electron chi connectivity index (χ4n) is 3.80. The van der Waals surface area contributed by atoms with Crippen LogP contribution in [0.25, 0.3) is 0 Å². The summed E-state index contributed by atoms with van der Waals surface area (Å²) in [6.45, 7) is 6.79. The second-order valence-electron chi connectivity index (χ2n) is 6.95. The number of Topliss-reactive ketones (excluding diaryl/α,β-unsaturated/α-hetero) is 1. The number of nitrogens with one attached hydrogen (secondary N) is 1. The monoisotopic (exact) mass is 384 g/mol. The van der Waals surface area contributed by atoms with E-state index in [1.807, 2.05) is 35.9 Å². The van der Waals surface area contributed by atoms with Crippen LogP contribution in [0.3, 0.4) is 0 Å². The van der Waals surface area contributed by atoms with Gasteiger partial charge in [-0.2, -0.15) is 4.98 Å². The number of ether oxygens (including phenoxy) is 1. The molecule has 0 amide bonds. The van der Waals surface area contributed by atoms with Crippen LogP contribution in [0.1, 0.15) is 45.2 Å². The van der Waals surface area contributed by atoms with Crippen LogP contribution < -0.4 is 10.1 Å². The quantitative estimate of drug-likeness (QED) is 0.784. The molecular weight excluding hydrogens is 360 g/mol.